The Bertz CT molecular complexity index is 585. The van der Waals surface area contributed by atoms with Gasteiger partial charge in [-0.3, -0.25) is 9.59 Å². The third kappa shape index (κ3) is 4.99. The Balaban J connectivity index is 1.68. The molecule has 0 aliphatic carbocycles. The van der Waals surface area contributed by atoms with Crippen LogP contribution in [0.3, 0.4) is 0 Å². The summed E-state index contributed by atoms with van der Waals surface area (Å²) in [6.07, 6.45) is 0. The number of nitrogens with one attached hydrogen (secondary N) is 2. The van der Waals surface area contributed by atoms with Crippen LogP contribution in [0.2, 0.25) is 0 Å². The molecular formula is C16H16N2O3. The lowest BCUT2D eigenvalue weighted by atomic mass is 10.3. The predicted octanol–water partition coefficient (Wildman–Crippen LogP) is 1.82. The molecule has 2 rings (SSSR count). The van der Waals surface area contributed by atoms with Crippen molar-refractivity contribution < 1.29 is 14.3 Å². The molecule has 0 saturated carbocycles. The molecule has 2 amide bonds. The largest absolute Gasteiger partial charge is 0.492 e. The van der Waals surface area contributed by atoms with Gasteiger partial charge in [0.2, 0.25) is 0 Å². The topological polar surface area (TPSA) is 67.4 Å². The lowest BCUT2D eigenvalue weighted by Gasteiger charge is -2.08. The van der Waals surface area contributed by atoms with Gasteiger partial charge in [-0.25, -0.2) is 0 Å². The summed E-state index contributed by atoms with van der Waals surface area (Å²) in [6, 6.07) is 18.1. The molecule has 0 atom stereocenters. The first-order valence-corrected chi connectivity index (χ1v) is 6.58. The Kier molecular flexibility index (Phi) is 5.34. The van der Waals surface area contributed by atoms with Crippen LogP contribution in [-0.4, -0.2) is 25.0 Å². The van der Waals surface area contributed by atoms with Crippen molar-refractivity contribution in [3.05, 3.63) is 60.7 Å². The van der Waals surface area contributed by atoms with Gasteiger partial charge in [-0.1, -0.05) is 36.4 Å². The highest BCUT2D eigenvalue weighted by Gasteiger charge is 2.12. The van der Waals surface area contributed by atoms with E-state index in [1.807, 2.05) is 36.4 Å². The van der Waals surface area contributed by atoms with E-state index in [2.05, 4.69) is 10.6 Å². The minimum Gasteiger partial charge on any atom is -0.492 e. The van der Waals surface area contributed by atoms with E-state index in [0.717, 1.165) is 5.75 Å². The summed E-state index contributed by atoms with van der Waals surface area (Å²) < 4.78 is 5.41. The normalized spacial score (nSPS) is 9.71. The first-order valence-electron chi connectivity index (χ1n) is 6.58. The fraction of sp³-hybridized carbons (Fsp3) is 0.125. The second-order valence-corrected chi connectivity index (χ2v) is 4.24. The Labute approximate surface area is 122 Å². The van der Waals surface area contributed by atoms with Crippen molar-refractivity contribution in [3.63, 3.8) is 0 Å². The van der Waals surface area contributed by atoms with Gasteiger partial charge in [0.1, 0.15) is 12.4 Å². The van der Waals surface area contributed by atoms with E-state index in [1.165, 1.54) is 0 Å². The average molecular weight is 284 g/mol. The van der Waals surface area contributed by atoms with Gasteiger partial charge in [0, 0.05) is 5.69 Å². The van der Waals surface area contributed by atoms with Crippen molar-refractivity contribution in [2.24, 2.45) is 0 Å². The van der Waals surface area contributed by atoms with Crippen LogP contribution in [0.1, 0.15) is 0 Å². The summed E-state index contributed by atoms with van der Waals surface area (Å²) in [4.78, 5) is 23.2. The van der Waals surface area contributed by atoms with Crippen LogP contribution in [0.25, 0.3) is 0 Å². The molecule has 0 fully saturated rings. The summed E-state index contributed by atoms with van der Waals surface area (Å²) in [6.45, 7) is 0.560. The van der Waals surface area contributed by atoms with Gasteiger partial charge in [-0.15, -0.1) is 0 Å². The van der Waals surface area contributed by atoms with Crippen molar-refractivity contribution in [2.75, 3.05) is 18.5 Å². The molecule has 0 heterocycles. The number of para-hydroxylation sites is 2. The summed E-state index contributed by atoms with van der Waals surface area (Å²) in [7, 11) is 0. The Morgan fingerprint density at radius 1 is 0.857 bits per heavy atom. The predicted molar refractivity (Wildman–Crippen MR) is 80.0 cm³/mol. The zero-order valence-electron chi connectivity index (χ0n) is 11.4. The molecule has 0 radical (unpaired) electrons. The number of anilines is 1. The van der Waals surface area contributed by atoms with E-state index in [-0.39, 0.29) is 6.54 Å². The van der Waals surface area contributed by atoms with Crippen LogP contribution in [0.5, 0.6) is 5.75 Å². The summed E-state index contributed by atoms with van der Waals surface area (Å²) in [5.74, 6) is -0.656. The van der Waals surface area contributed by atoms with E-state index in [4.69, 9.17) is 4.74 Å². The molecule has 0 aromatic heterocycles. The van der Waals surface area contributed by atoms with Crippen LogP contribution in [0.4, 0.5) is 5.69 Å². The van der Waals surface area contributed by atoms with E-state index in [0.29, 0.717) is 12.3 Å². The summed E-state index contributed by atoms with van der Waals surface area (Å²) >= 11 is 0. The van der Waals surface area contributed by atoms with Crippen molar-refractivity contribution in [1.29, 1.82) is 0 Å². The number of carbonyl (C=O) groups excluding carboxylic acids is 2. The molecular weight excluding hydrogens is 268 g/mol. The zero-order chi connectivity index (χ0) is 14.9. The molecule has 21 heavy (non-hydrogen) atoms. The van der Waals surface area contributed by atoms with Gasteiger partial charge >= 0.3 is 11.8 Å². The van der Waals surface area contributed by atoms with Crippen molar-refractivity contribution >= 4 is 17.5 Å². The molecule has 0 bridgehead atoms. The third-order valence-corrected chi connectivity index (χ3v) is 2.64. The minimum absolute atomic E-state index is 0.260. The minimum atomic E-state index is -0.694. The smallest absolute Gasteiger partial charge is 0.313 e. The Morgan fingerprint density at radius 3 is 2.14 bits per heavy atom. The van der Waals surface area contributed by atoms with Crippen molar-refractivity contribution in [1.82, 2.24) is 5.32 Å². The van der Waals surface area contributed by atoms with Gasteiger partial charge in [0.05, 0.1) is 6.54 Å². The lowest BCUT2D eigenvalue weighted by Crippen LogP contribution is -2.37. The van der Waals surface area contributed by atoms with Gasteiger partial charge in [0.25, 0.3) is 0 Å². The molecule has 2 aromatic carbocycles. The Morgan fingerprint density at radius 2 is 1.48 bits per heavy atom. The highest BCUT2D eigenvalue weighted by Crippen LogP contribution is 2.07. The van der Waals surface area contributed by atoms with Gasteiger partial charge in [-0.05, 0) is 24.3 Å². The number of hydrogen-bond donors (Lipinski definition) is 2. The first-order chi connectivity index (χ1) is 10.3. The number of hydrogen-bond acceptors (Lipinski definition) is 3. The highest BCUT2D eigenvalue weighted by atomic mass is 16.5. The van der Waals surface area contributed by atoms with Crippen molar-refractivity contribution in [2.45, 2.75) is 0 Å². The van der Waals surface area contributed by atoms with E-state index < -0.39 is 11.8 Å². The maximum absolute atomic E-state index is 11.6. The molecule has 0 spiro atoms. The fourth-order valence-corrected chi connectivity index (χ4v) is 1.64. The zero-order valence-corrected chi connectivity index (χ0v) is 11.4. The molecule has 108 valence electrons. The lowest BCUT2D eigenvalue weighted by molar-refractivity contribution is -0.136. The van der Waals surface area contributed by atoms with E-state index in [1.54, 1.807) is 24.3 Å². The van der Waals surface area contributed by atoms with Crippen molar-refractivity contribution in [3.8, 4) is 5.75 Å². The van der Waals surface area contributed by atoms with E-state index in [9.17, 15) is 9.59 Å². The Hall–Kier alpha value is -2.82. The molecule has 0 saturated heterocycles. The SMILES string of the molecule is O=C(NCCOc1ccccc1)C(=O)Nc1ccccc1. The highest BCUT2D eigenvalue weighted by molar-refractivity contribution is 6.39. The molecule has 2 aromatic rings. The molecule has 0 aliphatic heterocycles. The van der Waals surface area contributed by atoms with Gasteiger partial charge in [0.15, 0.2) is 0 Å². The third-order valence-electron chi connectivity index (χ3n) is 2.64. The molecule has 5 nitrogen and oxygen atoms in total. The van der Waals surface area contributed by atoms with Crippen LogP contribution in [0, 0.1) is 0 Å². The van der Waals surface area contributed by atoms with Gasteiger partial charge in [-0.2, -0.15) is 0 Å². The average Bonchev–Trinajstić information content (AvgIpc) is 2.53. The monoisotopic (exact) mass is 284 g/mol. The number of ether oxygens (including phenoxy) is 1. The standard InChI is InChI=1S/C16H16N2O3/c19-15(16(20)18-13-7-3-1-4-8-13)17-11-12-21-14-9-5-2-6-10-14/h1-10H,11-12H2,(H,17,19)(H,18,20). The summed E-state index contributed by atoms with van der Waals surface area (Å²) in [5.41, 5.74) is 0.582. The van der Waals surface area contributed by atoms with Crippen LogP contribution in [-0.2, 0) is 9.59 Å². The molecule has 0 aliphatic rings. The van der Waals surface area contributed by atoms with Crippen LogP contribution < -0.4 is 15.4 Å². The second-order valence-electron chi connectivity index (χ2n) is 4.24. The first kappa shape index (κ1) is 14.6. The molecule has 2 N–H and O–H groups in total. The maximum atomic E-state index is 11.6. The van der Waals surface area contributed by atoms with Gasteiger partial charge < -0.3 is 15.4 Å². The molecule has 5 heteroatoms. The second kappa shape index (κ2) is 7.69. The number of benzene rings is 2. The number of amides is 2. The summed E-state index contributed by atoms with van der Waals surface area (Å²) in [5, 5.41) is 5.01. The molecule has 0 unspecified atom stereocenters. The fourth-order valence-electron chi connectivity index (χ4n) is 1.64. The van der Waals surface area contributed by atoms with Crippen LogP contribution in [0.15, 0.2) is 60.7 Å². The number of rotatable bonds is 5. The van der Waals surface area contributed by atoms with Crippen LogP contribution >= 0.6 is 0 Å². The quantitative estimate of drug-likeness (QED) is 0.650. The van der Waals surface area contributed by atoms with E-state index >= 15 is 0 Å². The maximum Gasteiger partial charge on any atom is 0.313 e. The number of carbonyl (C=O) groups is 2.